The smallest absolute Gasteiger partial charge is 0.230 e. The van der Waals surface area contributed by atoms with Crippen LogP contribution in [0.4, 0.5) is 8.78 Å². The topological polar surface area (TPSA) is 66.9 Å². The first-order valence-corrected chi connectivity index (χ1v) is 9.81. The van der Waals surface area contributed by atoms with E-state index in [2.05, 4.69) is 20.6 Å². The Balaban J connectivity index is 1.63. The number of hydrogen-bond acceptors (Lipinski definition) is 5. The van der Waals surface area contributed by atoms with E-state index in [1.54, 1.807) is 6.07 Å². The van der Waals surface area contributed by atoms with Crippen molar-refractivity contribution in [1.29, 1.82) is 0 Å². The standard InChI is InChI=1S/C19H22F2N4OS/c1-11-7-12(2)24-19(23-11)27-10-18(26)25-17-9-22-6-5-14(17)13-3-4-15(20)16(21)8-13/h3-4,7-8,14,17,22H,5-6,9-10H2,1-2H3,(H,25,26). The summed E-state index contributed by atoms with van der Waals surface area (Å²) in [5, 5.41) is 6.82. The SMILES string of the molecule is Cc1cc(C)nc(SCC(=O)NC2CNCCC2c2ccc(F)c(F)c2)n1. The summed E-state index contributed by atoms with van der Waals surface area (Å²) in [4.78, 5) is 21.0. The lowest BCUT2D eigenvalue weighted by atomic mass is 9.86. The normalized spacial score (nSPS) is 19.7. The zero-order valence-electron chi connectivity index (χ0n) is 15.3. The zero-order chi connectivity index (χ0) is 19.4. The van der Waals surface area contributed by atoms with Crippen LogP contribution < -0.4 is 10.6 Å². The van der Waals surface area contributed by atoms with Gasteiger partial charge in [-0.1, -0.05) is 17.8 Å². The summed E-state index contributed by atoms with van der Waals surface area (Å²) >= 11 is 1.28. The molecule has 1 saturated heterocycles. The zero-order valence-corrected chi connectivity index (χ0v) is 16.1. The number of nitrogens with one attached hydrogen (secondary N) is 2. The molecule has 0 radical (unpaired) electrons. The predicted molar refractivity (Wildman–Crippen MR) is 101 cm³/mol. The number of amides is 1. The number of nitrogens with zero attached hydrogens (tertiary/aromatic N) is 2. The lowest BCUT2D eigenvalue weighted by molar-refractivity contribution is -0.119. The second-order valence-corrected chi connectivity index (χ2v) is 7.61. The number of thioether (sulfide) groups is 1. The lowest BCUT2D eigenvalue weighted by Crippen LogP contribution is -2.50. The van der Waals surface area contributed by atoms with E-state index in [1.807, 2.05) is 19.9 Å². The van der Waals surface area contributed by atoms with Gasteiger partial charge in [0.25, 0.3) is 0 Å². The summed E-state index contributed by atoms with van der Waals surface area (Å²) in [6.07, 6.45) is 0.739. The van der Waals surface area contributed by atoms with Gasteiger partial charge in [0.05, 0.1) is 5.75 Å². The van der Waals surface area contributed by atoms with Gasteiger partial charge in [0.1, 0.15) is 0 Å². The third-order valence-electron chi connectivity index (χ3n) is 4.49. The van der Waals surface area contributed by atoms with Gasteiger partial charge in [-0.15, -0.1) is 0 Å². The minimum atomic E-state index is -0.863. The Labute approximate surface area is 161 Å². The number of hydrogen-bond donors (Lipinski definition) is 2. The molecule has 0 aliphatic carbocycles. The quantitative estimate of drug-likeness (QED) is 0.605. The lowest BCUT2D eigenvalue weighted by Gasteiger charge is -2.33. The van der Waals surface area contributed by atoms with Crippen LogP contribution in [0.25, 0.3) is 0 Å². The third-order valence-corrected chi connectivity index (χ3v) is 5.34. The maximum atomic E-state index is 13.6. The fourth-order valence-electron chi connectivity index (χ4n) is 3.29. The average Bonchev–Trinajstić information content (AvgIpc) is 2.62. The van der Waals surface area contributed by atoms with Crippen LogP contribution in [0, 0.1) is 25.5 Å². The molecule has 1 aromatic heterocycles. The van der Waals surface area contributed by atoms with Gasteiger partial charge in [0.2, 0.25) is 5.91 Å². The Morgan fingerprint density at radius 3 is 2.67 bits per heavy atom. The van der Waals surface area contributed by atoms with E-state index in [-0.39, 0.29) is 23.6 Å². The molecule has 1 amide bonds. The van der Waals surface area contributed by atoms with Crippen molar-refractivity contribution in [3.05, 3.63) is 52.9 Å². The number of rotatable bonds is 5. The second kappa shape index (κ2) is 8.75. The number of carbonyl (C=O) groups is 1. The molecule has 2 heterocycles. The van der Waals surface area contributed by atoms with Crippen LogP contribution in [0.3, 0.4) is 0 Å². The van der Waals surface area contributed by atoms with Crippen LogP contribution >= 0.6 is 11.8 Å². The van der Waals surface area contributed by atoms with Crippen molar-refractivity contribution in [3.8, 4) is 0 Å². The van der Waals surface area contributed by atoms with Crippen molar-refractivity contribution < 1.29 is 13.6 Å². The summed E-state index contributed by atoms with van der Waals surface area (Å²) in [6.45, 7) is 5.12. The second-order valence-electron chi connectivity index (χ2n) is 6.67. The Morgan fingerprint density at radius 1 is 1.22 bits per heavy atom. The van der Waals surface area contributed by atoms with Gasteiger partial charge < -0.3 is 10.6 Å². The first-order chi connectivity index (χ1) is 12.9. The molecule has 144 valence electrons. The van der Waals surface area contributed by atoms with E-state index in [0.717, 1.165) is 30.4 Å². The molecule has 27 heavy (non-hydrogen) atoms. The van der Waals surface area contributed by atoms with Gasteiger partial charge >= 0.3 is 0 Å². The number of halogens is 2. The van der Waals surface area contributed by atoms with Crippen LogP contribution in [0.1, 0.15) is 29.3 Å². The Bertz CT molecular complexity index is 813. The van der Waals surface area contributed by atoms with Gasteiger partial charge in [-0.25, -0.2) is 18.7 Å². The highest BCUT2D eigenvalue weighted by Gasteiger charge is 2.28. The molecular formula is C19H22F2N4OS. The van der Waals surface area contributed by atoms with Crippen LogP contribution in [-0.2, 0) is 4.79 Å². The van der Waals surface area contributed by atoms with Crippen molar-refractivity contribution >= 4 is 17.7 Å². The molecule has 2 aromatic rings. The summed E-state index contributed by atoms with van der Waals surface area (Å²) < 4.78 is 26.8. The predicted octanol–water partition coefficient (Wildman–Crippen LogP) is 2.73. The highest BCUT2D eigenvalue weighted by atomic mass is 32.2. The van der Waals surface area contributed by atoms with Crippen molar-refractivity contribution in [2.24, 2.45) is 0 Å². The number of aromatic nitrogens is 2. The van der Waals surface area contributed by atoms with E-state index in [1.165, 1.54) is 17.8 Å². The summed E-state index contributed by atoms with van der Waals surface area (Å²) in [7, 11) is 0. The molecule has 5 nitrogen and oxygen atoms in total. The molecule has 2 N–H and O–H groups in total. The van der Waals surface area contributed by atoms with Crippen LogP contribution in [0.5, 0.6) is 0 Å². The molecule has 0 bridgehead atoms. The van der Waals surface area contributed by atoms with Crippen molar-refractivity contribution in [2.75, 3.05) is 18.8 Å². The number of piperidine rings is 1. The Kier molecular flexibility index (Phi) is 6.38. The van der Waals surface area contributed by atoms with Crippen LogP contribution in [0.15, 0.2) is 29.4 Å². The fourth-order valence-corrected chi connectivity index (χ4v) is 4.05. The molecule has 0 saturated carbocycles. The first-order valence-electron chi connectivity index (χ1n) is 8.82. The number of aryl methyl sites for hydroxylation is 2. The highest BCUT2D eigenvalue weighted by molar-refractivity contribution is 7.99. The van der Waals surface area contributed by atoms with E-state index in [4.69, 9.17) is 0 Å². The summed E-state index contributed by atoms with van der Waals surface area (Å²) in [6, 6.07) is 5.65. The molecule has 1 fully saturated rings. The molecule has 3 rings (SSSR count). The van der Waals surface area contributed by atoms with Crippen molar-refractivity contribution in [3.63, 3.8) is 0 Å². The molecule has 2 atom stereocenters. The first kappa shape index (κ1) is 19.7. The maximum absolute atomic E-state index is 13.6. The third kappa shape index (κ3) is 5.23. The van der Waals surface area contributed by atoms with Gasteiger partial charge in [-0.3, -0.25) is 4.79 Å². The monoisotopic (exact) mass is 392 g/mol. The fraction of sp³-hybridized carbons (Fsp3) is 0.421. The molecule has 8 heteroatoms. The summed E-state index contributed by atoms with van der Waals surface area (Å²) in [5.41, 5.74) is 2.42. The number of benzene rings is 1. The van der Waals surface area contributed by atoms with E-state index >= 15 is 0 Å². The van der Waals surface area contributed by atoms with Crippen LogP contribution in [0.2, 0.25) is 0 Å². The molecule has 0 spiro atoms. The van der Waals surface area contributed by atoms with Crippen molar-refractivity contribution in [2.45, 2.75) is 37.4 Å². The van der Waals surface area contributed by atoms with Crippen LogP contribution in [-0.4, -0.2) is 40.8 Å². The number of carbonyl (C=O) groups excluding carboxylic acids is 1. The Morgan fingerprint density at radius 2 is 1.96 bits per heavy atom. The molecule has 2 unspecified atom stereocenters. The average molecular weight is 392 g/mol. The largest absolute Gasteiger partial charge is 0.351 e. The molecular weight excluding hydrogens is 370 g/mol. The van der Waals surface area contributed by atoms with Gasteiger partial charge in [-0.2, -0.15) is 0 Å². The highest BCUT2D eigenvalue weighted by Crippen LogP contribution is 2.27. The van der Waals surface area contributed by atoms with Gasteiger partial charge in [-0.05, 0) is 50.6 Å². The Hall–Kier alpha value is -2.06. The van der Waals surface area contributed by atoms with Gasteiger partial charge in [0, 0.05) is 29.9 Å². The molecule has 1 aromatic carbocycles. The van der Waals surface area contributed by atoms with E-state index in [9.17, 15) is 13.6 Å². The minimum Gasteiger partial charge on any atom is -0.351 e. The molecule has 1 aliphatic heterocycles. The van der Waals surface area contributed by atoms with Crippen molar-refractivity contribution in [1.82, 2.24) is 20.6 Å². The van der Waals surface area contributed by atoms with E-state index in [0.29, 0.717) is 17.3 Å². The maximum Gasteiger partial charge on any atom is 0.230 e. The van der Waals surface area contributed by atoms with Gasteiger partial charge in [0.15, 0.2) is 16.8 Å². The summed E-state index contributed by atoms with van der Waals surface area (Å²) in [5.74, 6) is -1.72. The molecule has 1 aliphatic rings. The van der Waals surface area contributed by atoms with E-state index < -0.39 is 11.6 Å². The minimum absolute atomic E-state index is 0.0623.